The first-order valence-electron chi connectivity index (χ1n) is 6.44. The zero-order chi connectivity index (χ0) is 14.8. The summed E-state index contributed by atoms with van der Waals surface area (Å²) in [7, 11) is 1.65. The van der Waals surface area contributed by atoms with Gasteiger partial charge >= 0.3 is 0 Å². The molecule has 0 aliphatic heterocycles. The standard InChI is InChI=1S/C14H14ClN5O/c1-21-10-4-2-9(3-5-10)6-7-20-8-17-11-12(16)18-14(15)19-13(11)20/h2-5,8H,6-7H2,1H3,(H2,16,18,19). The maximum atomic E-state index is 5.85. The molecule has 0 amide bonds. The fourth-order valence-corrected chi connectivity index (χ4v) is 2.31. The average Bonchev–Trinajstić information content (AvgIpc) is 2.89. The van der Waals surface area contributed by atoms with Gasteiger partial charge in [-0.1, -0.05) is 12.1 Å². The minimum atomic E-state index is 0.131. The van der Waals surface area contributed by atoms with Gasteiger partial charge in [-0.3, -0.25) is 0 Å². The van der Waals surface area contributed by atoms with E-state index < -0.39 is 0 Å². The molecule has 0 aliphatic rings. The number of hydrogen-bond acceptors (Lipinski definition) is 5. The second kappa shape index (κ2) is 5.57. The van der Waals surface area contributed by atoms with Crippen LogP contribution in [-0.2, 0) is 13.0 Å². The van der Waals surface area contributed by atoms with E-state index in [1.165, 1.54) is 5.56 Å². The summed E-state index contributed by atoms with van der Waals surface area (Å²) < 4.78 is 7.06. The molecular formula is C14H14ClN5O. The summed E-state index contributed by atoms with van der Waals surface area (Å²) in [6.45, 7) is 0.732. The van der Waals surface area contributed by atoms with Gasteiger partial charge in [0.2, 0.25) is 5.28 Å². The Hall–Kier alpha value is -2.34. The van der Waals surface area contributed by atoms with Crippen LogP contribution >= 0.6 is 11.6 Å². The van der Waals surface area contributed by atoms with Crippen molar-refractivity contribution in [1.82, 2.24) is 19.5 Å². The average molecular weight is 304 g/mol. The summed E-state index contributed by atoms with van der Waals surface area (Å²) in [5, 5.41) is 0.131. The SMILES string of the molecule is COc1ccc(CCn2cnc3c(N)nc(Cl)nc32)cc1. The highest BCUT2D eigenvalue weighted by Crippen LogP contribution is 2.19. The molecule has 0 bridgehead atoms. The predicted octanol–water partition coefficient (Wildman–Crippen LogP) is 2.31. The number of imidazole rings is 1. The highest BCUT2D eigenvalue weighted by molar-refractivity contribution is 6.28. The summed E-state index contributed by atoms with van der Waals surface area (Å²) >= 11 is 5.85. The molecule has 7 heteroatoms. The number of aryl methyl sites for hydroxylation is 2. The van der Waals surface area contributed by atoms with Crippen molar-refractivity contribution in [3.8, 4) is 5.75 Å². The molecule has 0 saturated heterocycles. The maximum Gasteiger partial charge on any atom is 0.226 e. The van der Waals surface area contributed by atoms with Crippen LogP contribution in [0.25, 0.3) is 11.2 Å². The van der Waals surface area contributed by atoms with Crippen LogP contribution in [0.1, 0.15) is 5.56 Å². The van der Waals surface area contributed by atoms with Gasteiger partial charge in [-0.2, -0.15) is 9.97 Å². The van der Waals surface area contributed by atoms with E-state index in [1.807, 2.05) is 28.8 Å². The largest absolute Gasteiger partial charge is 0.497 e. The molecular weight excluding hydrogens is 290 g/mol. The second-order valence-electron chi connectivity index (χ2n) is 4.59. The number of nitrogen functional groups attached to an aromatic ring is 1. The number of hydrogen-bond donors (Lipinski definition) is 1. The zero-order valence-corrected chi connectivity index (χ0v) is 12.2. The number of ether oxygens (including phenoxy) is 1. The Morgan fingerprint density at radius 2 is 2.00 bits per heavy atom. The molecule has 2 aromatic heterocycles. The number of fused-ring (bicyclic) bond motifs is 1. The van der Waals surface area contributed by atoms with Crippen LogP contribution in [0.2, 0.25) is 5.28 Å². The minimum Gasteiger partial charge on any atom is -0.497 e. The molecule has 108 valence electrons. The van der Waals surface area contributed by atoms with Crippen molar-refractivity contribution >= 4 is 28.6 Å². The molecule has 2 N–H and O–H groups in total. The molecule has 0 fully saturated rings. The first-order valence-corrected chi connectivity index (χ1v) is 6.82. The molecule has 2 heterocycles. The topological polar surface area (TPSA) is 78.9 Å². The van der Waals surface area contributed by atoms with Gasteiger partial charge in [0.1, 0.15) is 11.3 Å². The van der Waals surface area contributed by atoms with Gasteiger partial charge in [-0.15, -0.1) is 0 Å². The van der Waals surface area contributed by atoms with Gasteiger partial charge in [0.15, 0.2) is 11.5 Å². The summed E-state index contributed by atoms with van der Waals surface area (Å²) in [6.07, 6.45) is 2.55. The van der Waals surface area contributed by atoms with Crippen LogP contribution < -0.4 is 10.5 Å². The number of rotatable bonds is 4. The van der Waals surface area contributed by atoms with E-state index in [-0.39, 0.29) is 5.28 Å². The van der Waals surface area contributed by atoms with Gasteiger partial charge in [-0.05, 0) is 35.7 Å². The Bertz CT molecular complexity index is 769. The first kappa shape index (κ1) is 13.6. The molecule has 0 atom stereocenters. The normalized spacial score (nSPS) is 11.0. The highest BCUT2D eigenvalue weighted by Gasteiger charge is 2.10. The number of anilines is 1. The van der Waals surface area contributed by atoms with Crippen molar-refractivity contribution in [3.63, 3.8) is 0 Å². The number of aromatic nitrogens is 4. The molecule has 1 aromatic carbocycles. The molecule has 0 aliphatic carbocycles. The molecule has 0 saturated carbocycles. The highest BCUT2D eigenvalue weighted by atomic mass is 35.5. The fourth-order valence-electron chi connectivity index (χ4n) is 2.14. The van der Waals surface area contributed by atoms with Gasteiger partial charge in [0.25, 0.3) is 0 Å². The number of methoxy groups -OCH3 is 1. The van der Waals surface area contributed by atoms with Crippen molar-refractivity contribution in [2.45, 2.75) is 13.0 Å². The Morgan fingerprint density at radius 1 is 1.24 bits per heavy atom. The Balaban J connectivity index is 1.81. The summed E-state index contributed by atoms with van der Waals surface area (Å²) in [4.78, 5) is 12.3. The van der Waals surface area contributed by atoms with Crippen LogP contribution in [-0.4, -0.2) is 26.6 Å². The van der Waals surface area contributed by atoms with E-state index in [4.69, 9.17) is 22.1 Å². The molecule has 0 radical (unpaired) electrons. The smallest absolute Gasteiger partial charge is 0.226 e. The third-order valence-corrected chi connectivity index (χ3v) is 3.43. The lowest BCUT2D eigenvalue weighted by atomic mass is 10.1. The second-order valence-corrected chi connectivity index (χ2v) is 4.92. The van der Waals surface area contributed by atoms with Gasteiger partial charge in [0, 0.05) is 6.54 Å². The van der Waals surface area contributed by atoms with Crippen LogP contribution in [0.4, 0.5) is 5.82 Å². The van der Waals surface area contributed by atoms with Crippen molar-refractivity contribution in [2.24, 2.45) is 0 Å². The molecule has 0 unspecified atom stereocenters. The third-order valence-electron chi connectivity index (χ3n) is 3.26. The van der Waals surface area contributed by atoms with Gasteiger partial charge < -0.3 is 15.0 Å². The van der Waals surface area contributed by atoms with Crippen LogP contribution in [0.3, 0.4) is 0 Å². The van der Waals surface area contributed by atoms with Crippen LogP contribution in [0.5, 0.6) is 5.75 Å². The lowest BCUT2D eigenvalue weighted by Gasteiger charge is -2.05. The third kappa shape index (κ3) is 2.75. The van der Waals surface area contributed by atoms with E-state index in [9.17, 15) is 0 Å². The monoisotopic (exact) mass is 303 g/mol. The van der Waals surface area contributed by atoms with E-state index >= 15 is 0 Å². The summed E-state index contributed by atoms with van der Waals surface area (Å²) in [5.74, 6) is 1.15. The van der Waals surface area contributed by atoms with Crippen LogP contribution in [0.15, 0.2) is 30.6 Å². The predicted molar refractivity (Wildman–Crippen MR) is 81.4 cm³/mol. The van der Waals surface area contributed by atoms with Crippen LogP contribution in [0, 0.1) is 0 Å². The first-order chi connectivity index (χ1) is 10.2. The van der Waals surface area contributed by atoms with E-state index in [1.54, 1.807) is 13.4 Å². The van der Waals surface area contributed by atoms with Crippen molar-refractivity contribution < 1.29 is 4.74 Å². The number of nitrogens with two attached hydrogens (primary N) is 1. The fraction of sp³-hybridized carbons (Fsp3) is 0.214. The molecule has 3 rings (SSSR count). The molecule has 21 heavy (non-hydrogen) atoms. The lowest BCUT2D eigenvalue weighted by molar-refractivity contribution is 0.414. The van der Waals surface area contributed by atoms with Gasteiger partial charge in [-0.25, -0.2) is 4.98 Å². The Morgan fingerprint density at radius 3 is 2.71 bits per heavy atom. The van der Waals surface area contributed by atoms with Crippen molar-refractivity contribution in [1.29, 1.82) is 0 Å². The quantitative estimate of drug-likeness (QED) is 0.748. The van der Waals surface area contributed by atoms with E-state index in [0.29, 0.717) is 17.0 Å². The zero-order valence-electron chi connectivity index (χ0n) is 11.5. The van der Waals surface area contributed by atoms with E-state index in [0.717, 1.165) is 18.7 Å². The molecule has 3 aromatic rings. The van der Waals surface area contributed by atoms with Gasteiger partial charge in [0.05, 0.1) is 13.4 Å². The number of nitrogens with zero attached hydrogens (tertiary/aromatic N) is 4. The molecule has 6 nitrogen and oxygen atoms in total. The summed E-state index contributed by atoms with van der Waals surface area (Å²) in [6, 6.07) is 7.96. The Labute approximate surface area is 126 Å². The summed E-state index contributed by atoms with van der Waals surface area (Å²) in [5.41, 5.74) is 8.22. The molecule has 0 spiro atoms. The number of halogens is 1. The maximum absolute atomic E-state index is 5.85. The number of benzene rings is 1. The van der Waals surface area contributed by atoms with Crippen molar-refractivity contribution in [3.05, 3.63) is 41.4 Å². The van der Waals surface area contributed by atoms with E-state index in [2.05, 4.69) is 15.0 Å². The lowest BCUT2D eigenvalue weighted by Crippen LogP contribution is -2.02. The Kier molecular flexibility index (Phi) is 3.62. The minimum absolute atomic E-state index is 0.131. The van der Waals surface area contributed by atoms with Crippen molar-refractivity contribution in [2.75, 3.05) is 12.8 Å².